The summed E-state index contributed by atoms with van der Waals surface area (Å²) in [6, 6.07) is 19.8. The summed E-state index contributed by atoms with van der Waals surface area (Å²) in [5.41, 5.74) is 3.96. The predicted octanol–water partition coefficient (Wildman–Crippen LogP) is 5.85. The van der Waals surface area contributed by atoms with E-state index in [1.807, 2.05) is 48.5 Å². The summed E-state index contributed by atoms with van der Waals surface area (Å²) in [6.45, 7) is 0. The first-order valence-electron chi connectivity index (χ1n) is 8.51. The van der Waals surface area contributed by atoms with Crippen molar-refractivity contribution < 1.29 is 8.91 Å². The minimum Gasteiger partial charge on any atom is -0.338 e. The quantitative estimate of drug-likeness (QED) is 0.386. The van der Waals surface area contributed by atoms with Gasteiger partial charge in [-0.3, -0.25) is 0 Å². The Morgan fingerprint density at radius 3 is 2.32 bits per heavy atom. The largest absolute Gasteiger partial charge is 0.338 e. The van der Waals surface area contributed by atoms with Gasteiger partial charge >= 0.3 is 0 Å². The maximum Gasteiger partial charge on any atom is 0.258 e. The van der Waals surface area contributed by atoms with Gasteiger partial charge in [-0.25, -0.2) is 9.37 Å². The number of nitrogens with zero attached hydrogens (tertiary/aromatic N) is 3. The number of fused-ring (bicyclic) bond motifs is 1. The van der Waals surface area contributed by atoms with Crippen molar-refractivity contribution >= 4 is 27.0 Å². The second kappa shape index (κ2) is 6.69. The number of hydrogen-bond acceptors (Lipinski definition) is 4. The second-order valence-corrected chi connectivity index (χ2v) is 7.17. The minimum absolute atomic E-state index is 0.306. The van der Waals surface area contributed by atoms with Crippen LogP contribution in [0.1, 0.15) is 0 Å². The van der Waals surface area contributed by atoms with Gasteiger partial charge in [0.25, 0.3) is 5.89 Å². The van der Waals surface area contributed by atoms with Gasteiger partial charge in [0.15, 0.2) is 0 Å². The van der Waals surface area contributed by atoms with E-state index in [0.29, 0.717) is 23.1 Å². The molecule has 0 amide bonds. The maximum atomic E-state index is 13.4. The standard InChI is InChI=1S/C21H12BrFN4O/c22-15-7-5-14(6-8-15)21-26-20(27-28-21)13-3-1-12(2-4-13)19-24-17-10-9-16(23)11-18(17)25-19/h1-11H,(H,24,25). The molecule has 5 aromatic rings. The van der Waals surface area contributed by atoms with E-state index in [1.54, 1.807) is 6.07 Å². The molecule has 28 heavy (non-hydrogen) atoms. The zero-order valence-electron chi connectivity index (χ0n) is 14.4. The van der Waals surface area contributed by atoms with Crippen LogP contribution in [-0.2, 0) is 0 Å². The van der Waals surface area contributed by atoms with E-state index < -0.39 is 0 Å². The SMILES string of the molecule is Fc1ccc2[nH]c(-c3ccc(-c4noc(-c5ccc(Br)cc5)n4)cc3)nc2c1. The maximum absolute atomic E-state index is 13.4. The van der Waals surface area contributed by atoms with Crippen molar-refractivity contribution in [3.05, 3.63) is 77.0 Å². The van der Waals surface area contributed by atoms with Crippen molar-refractivity contribution in [2.45, 2.75) is 0 Å². The molecule has 5 rings (SSSR count). The Labute approximate surface area is 167 Å². The number of aromatic nitrogens is 4. The third-order valence-electron chi connectivity index (χ3n) is 4.38. The second-order valence-electron chi connectivity index (χ2n) is 6.25. The molecule has 0 bridgehead atoms. The number of halogens is 2. The lowest BCUT2D eigenvalue weighted by Gasteiger charge is -1.98. The van der Waals surface area contributed by atoms with Crippen molar-refractivity contribution in [1.29, 1.82) is 0 Å². The predicted molar refractivity (Wildman–Crippen MR) is 108 cm³/mol. The highest BCUT2D eigenvalue weighted by Gasteiger charge is 2.12. The summed E-state index contributed by atoms with van der Waals surface area (Å²) in [7, 11) is 0. The fraction of sp³-hybridized carbons (Fsp3) is 0. The van der Waals surface area contributed by atoms with E-state index in [9.17, 15) is 4.39 Å². The van der Waals surface area contributed by atoms with Crippen LogP contribution in [0.15, 0.2) is 75.7 Å². The Hall–Kier alpha value is -3.32. The molecule has 0 saturated heterocycles. The van der Waals surface area contributed by atoms with Crippen molar-refractivity contribution in [2.75, 3.05) is 0 Å². The third-order valence-corrected chi connectivity index (χ3v) is 4.91. The molecular weight excluding hydrogens is 423 g/mol. The number of H-pyrrole nitrogens is 1. The first kappa shape index (κ1) is 16.8. The Bertz CT molecular complexity index is 1280. The van der Waals surface area contributed by atoms with Crippen LogP contribution < -0.4 is 0 Å². The first-order chi connectivity index (χ1) is 13.7. The lowest BCUT2D eigenvalue weighted by Crippen LogP contribution is -1.84. The smallest absolute Gasteiger partial charge is 0.258 e. The number of aromatic amines is 1. The van der Waals surface area contributed by atoms with Gasteiger partial charge in [0, 0.05) is 27.2 Å². The topological polar surface area (TPSA) is 67.6 Å². The number of nitrogens with one attached hydrogen (secondary N) is 1. The van der Waals surface area contributed by atoms with E-state index >= 15 is 0 Å². The van der Waals surface area contributed by atoms with Gasteiger partial charge in [-0.2, -0.15) is 4.98 Å². The lowest BCUT2D eigenvalue weighted by molar-refractivity contribution is 0.432. The monoisotopic (exact) mass is 434 g/mol. The summed E-state index contributed by atoms with van der Waals surface area (Å²) in [5.74, 6) is 1.34. The van der Waals surface area contributed by atoms with E-state index in [0.717, 1.165) is 26.7 Å². The van der Waals surface area contributed by atoms with Crippen LogP contribution in [-0.4, -0.2) is 20.1 Å². The van der Waals surface area contributed by atoms with Gasteiger partial charge in [-0.1, -0.05) is 45.4 Å². The molecule has 0 saturated carbocycles. The Kier molecular flexibility index (Phi) is 4.02. The summed E-state index contributed by atoms with van der Waals surface area (Å²) in [5, 5.41) is 4.07. The highest BCUT2D eigenvalue weighted by atomic mass is 79.9. The molecule has 0 aliphatic rings. The molecule has 5 nitrogen and oxygen atoms in total. The van der Waals surface area contributed by atoms with Gasteiger partial charge in [0.2, 0.25) is 5.82 Å². The first-order valence-corrected chi connectivity index (χ1v) is 9.31. The lowest BCUT2D eigenvalue weighted by atomic mass is 10.1. The molecular formula is C21H12BrFN4O. The fourth-order valence-corrected chi connectivity index (χ4v) is 3.21. The molecule has 2 aromatic heterocycles. The van der Waals surface area contributed by atoms with Crippen LogP contribution in [0, 0.1) is 5.82 Å². The zero-order chi connectivity index (χ0) is 19.1. The molecule has 0 unspecified atom stereocenters. The van der Waals surface area contributed by atoms with Crippen molar-refractivity contribution in [1.82, 2.24) is 20.1 Å². The van der Waals surface area contributed by atoms with Crippen LogP contribution in [0.5, 0.6) is 0 Å². The van der Waals surface area contributed by atoms with Gasteiger partial charge in [0.1, 0.15) is 11.6 Å². The molecule has 1 N–H and O–H groups in total. The van der Waals surface area contributed by atoms with E-state index in [4.69, 9.17) is 4.52 Å². The van der Waals surface area contributed by atoms with Gasteiger partial charge < -0.3 is 9.51 Å². The molecule has 0 fully saturated rings. The third kappa shape index (κ3) is 3.10. The van der Waals surface area contributed by atoms with Crippen molar-refractivity contribution in [3.63, 3.8) is 0 Å². The molecule has 136 valence electrons. The van der Waals surface area contributed by atoms with Crippen molar-refractivity contribution in [2.24, 2.45) is 0 Å². The van der Waals surface area contributed by atoms with Crippen LogP contribution >= 0.6 is 15.9 Å². The molecule has 0 spiro atoms. The van der Waals surface area contributed by atoms with Crippen LogP contribution in [0.3, 0.4) is 0 Å². The average molecular weight is 435 g/mol. The molecule has 2 heterocycles. The number of hydrogen-bond donors (Lipinski definition) is 1. The van der Waals surface area contributed by atoms with E-state index in [-0.39, 0.29) is 5.82 Å². The van der Waals surface area contributed by atoms with Gasteiger partial charge in [-0.15, -0.1) is 0 Å². The summed E-state index contributed by atoms with van der Waals surface area (Å²) in [4.78, 5) is 12.1. The van der Waals surface area contributed by atoms with Crippen LogP contribution in [0.2, 0.25) is 0 Å². The molecule has 3 aromatic carbocycles. The van der Waals surface area contributed by atoms with Gasteiger partial charge in [0.05, 0.1) is 11.0 Å². The summed E-state index contributed by atoms with van der Waals surface area (Å²) >= 11 is 3.41. The van der Waals surface area contributed by atoms with Crippen LogP contribution in [0.25, 0.3) is 45.3 Å². The van der Waals surface area contributed by atoms with E-state index in [1.165, 1.54) is 12.1 Å². The minimum atomic E-state index is -0.306. The molecule has 0 atom stereocenters. The fourth-order valence-electron chi connectivity index (χ4n) is 2.94. The Morgan fingerprint density at radius 1 is 0.821 bits per heavy atom. The number of benzene rings is 3. The van der Waals surface area contributed by atoms with Crippen molar-refractivity contribution in [3.8, 4) is 34.2 Å². The zero-order valence-corrected chi connectivity index (χ0v) is 15.9. The molecule has 7 heteroatoms. The normalized spacial score (nSPS) is 11.2. The Balaban J connectivity index is 1.44. The number of imidazole rings is 1. The Morgan fingerprint density at radius 2 is 1.54 bits per heavy atom. The van der Waals surface area contributed by atoms with Gasteiger partial charge in [-0.05, 0) is 36.4 Å². The van der Waals surface area contributed by atoms with E-state index in [2.05, 4.69) is 36.0 Å². The average Bonchev–Trinajstić information content (AvgIpc) is 3.36. The number of rotatable bonds is 3. The molecule has 0 aliphatic carbocycles. The molecule has 0 aliphatic heterocycles. The summed E-state index contributed by atoms with van der Waals surface area (Å²) in [6.07, 6.45) is 0. The highest BCUT2D eigenvalue weighted by molar-refractivity contribution is 9.10. The van der Waals surface area contributed by atoms with Crippen LogP contribution in [0.4, 0.5) is 4.39 Å². The summed E-state index contributed by atoms with van der Waals surface area (Å²) < 4.78 is 19.7. The highest BCUT2D eigenvalue weighted by Crippen LogP contribution is 2.26. The molecule has 0 radical (unpaired) electrons.